The molecule has 0 spiro atoms. The summed E-state index contributed by atoms with van der Waals surface area (Å²) >= 11 is 0. The van der Waals surface area contributed by atoms with Gasteiger partial charge in [0.05, 0.1) is 30.6 Å². The van der Waals surface area contributed by atoms with Crippen LogP contribution in [0.5, 0.6) is 0 Å². The number of nitrogens with zero attached hydrogens (tertiary/aromatic N) is 4. The van der Waals surface area contributed by atoms with E-state index in [0.29, 0.717) is 12.6 Å². The minimum atomic E-state index is 0.495. The van der Waals surface area contributed by atoms with E-state index in [0.717, 1.165) is 12.2 Å². The zero-order valence-electron chi connectivity index (χ0n) is 9.08. The fraction of sp³-hybridized carbons (Fsp3) is 0.455. The van der Waals surface area contributed by atoms with Gasteiger partial charge in [-0.25, -0.2) is 9.97 Å². The van der Waals surface area contributed by atoms with Crippen LogP contribution >= 0.6 is 0 Å². The van der Waals surface area contributed by atoms with Crippen molar-refractivity contribution in [3.63, 3.8) is 0 Å². The third kappa shape index (κ3) is 1.74. The standard InChI is InChI=1S/C11H15N5/c12-3-9-5-15(8-14-9)6-11-4-13-7-16(11)10-1-2-10/h4-5,7-8,10H,1-3,6,12H2. The van der Waals surface area contributed by atoms with Gasteiger partial charge in [0.15, 0.2) is 0 Å². The van der Waals surface area contributed by atoms with E-state index >= 15 is 0 Å². The van der Waals surface area contributed by atoms with Crippen LogP contribution in [-0.2, 0) is 13.1 Å². The Morgan fingerprint density at radius 2 is 2.25 bits per heavy atom. The van der Waals surface area contributed by atoms with Gasteiger partial charge in [0.2, 0.25) is 0 Å². The lowest BCUT2D eigenvalue weighted by Gasteiger charge is -2.06. The second kappa shape index (κ2) is 3.75. The van der Waals surface area contributed by atoms with Gasteiger partial charge >= 0.3 is 0 Å². The predicted molar refractivity (Wildman–Crippen MR) is 59.7 cm³/mol. The smallest absolute Gasteiger partial charge is 0.0953 e. The molecule has 1 saturated carbocycles. The van der Waals surface area contributed by atoms with Crippen LogP contribution in [0.25, 0.3) is 0 Å². The maximum Gasteiger partial charge on any atom is 0.0953 e. The number of hydrogen-bond donors (Lipinski definition) is 1. The van der Waals surface area contributed by atoms with E-state index in [9.17, 15) is 0 Å². The van der Waals surface area contributed by atoms with Crippen LogP contribution in [0.3, 0.4) is 0 Å². The summed E-state index contributed by atoms with van der Waals surface area (Å²) in [5, 5.41) is 0. The van der Waals surface area contributed by atoms with Crippen molar-refractivity contribution in [1.29, 1.82) is 0 Å². The molecule has 3 rings (SSSR count). The summed E-state index contributed by atoms with van der Waals surface area (Å²) in [6, 6.07) is 0.676. The normalized spacial score (nSPS) is 15.6. The number of nitrogens with two attached hydrogens (primary N) is 1. The predicted octanol–water partition coefficient (Wildman–Crippen LogP) is 0.921. The molecule has 0 bridgehead atoms. The van der Waals surface area contributed by atoms with Crippen LogP contribution < -0.4 is 5.73 Å². The topological polar surface area (TPSA) is 61.7 Å². The van der Waals surface area contributed by atoms with Gasteiger partial charge in [0.25, 0.3) is 0 Å². The zero-order valence-corrected chi connectivity index (χ0v) is 9.08. The van der Waals surface area contributed by atoms with Gasteiger partial charge in [-0.05, 0) is 12.8 Å². The lowest BCUT2D eigenvalue weighted by molar-refractivity contribution is 0.655. The fourth-order valence-corrected chi connectivity index (χ4v) is 1.92. The van der Waals surface area contributed by atoms with Crippen LogP contribution in [-0.4, -0.2) is 19.1 Å². The van der Waals surface area contributed by atoms with E-state index in [1.54, 1.807) is 0 Å². The Morgan fingerprint density at radius 3 is 2.94 bits per heavy atom. The van der Waals surface area contributed by atoms with Gasteiger partial charge in [-0.15, -0.1) is 0 Å². The average molecular weight is 217 g/mol. The van der Waals surface area contributed by atoms with Crippen LogP contribution in [0.4, 0.5) is 0 Å². The van der Waals surface area contributed by atoms with Crippen molar-refractivity contribution >= 4 is 0 Å². The minimum Gasteiger partial charge on any atom is -0.331 e. The molecule has 2 aromatic heterocycles. The summed E-state index contributed by atoms with van der Waals surface area (Å²) in [5.74, 6) is 0. The van der Waals surface area contributed by atoms with E-state index in [-0.39, 0.29) is 0 Å². The number of rotatable bonds is 4. The highest BCUT2D eigenvalue weighted by atomic mass is 15.1. The molecule has 0 aliphatic heterocycles. The highest BCUT2D eigenvalue weighted by Crippen LogP contribution is 2.35. The van der Waals surface area contributed by atoms with E-state index in [1.807, 2.05) is 25.0 Å². The number of hydrogen-bond acceptors (Lipinski definition) is 3. The highest BCUT2D eigenvalue weighted by Gasteiger charge is 2.25. The first-order valence-corrected chi connectivity index (χ1v) is 5.58. The fourth-order valence-electron chi connectivity index (χ4n) is 1.92. The molecule has 1 aliphatic carbocycles. The molecule has 0 unspecified atom stereocenters. The lowest BCUT2D eigenvalue weighted by Crippen LogP contribution is -2.04. The summed E-state index contributed by atoms with van der Waals surface area (Å²) in [7, 11) is 0. The molecular formula is C11H15N5. The molecule has 0 aromatic carbocycles. The Bertz CT molecular complexity index is 480. The first-order chi connectivity index (χ1) is 7.86. The van der Waals surface area contributed by atoms with E-state index in [4.69, 9.17) is 5.73 Å². The monoisotopic (exact) mass is 217 g/mol. The quantitative estimate of drug-likeness (QED) is 0.828. The minimum absolute atomic E-state index is 0.495. The summed E-state index contributed by atoms with van der Waals surface area (Å²) < 4.78 is 4.32. The molecule has 16 heavy (non-hydrogen) atoms. The Kier molecular flexibility index (Phi) is 2.25. The second-order valence-electron chi connectivity index (χ2n) is 4.26. The lowest BCUT2D eigenvalue weighted by atomic mass is 10.4. The van der Waals surface area contributed by atoms with Crippen molar-refractivity contribution in [3.05, 3.63) is 36.4 Å². The Labute approximate surface area is 93.9 Å². The zero-order chi connectivity index (χ0) is 11.0. The molecule has 1 fully saturated rings. The van der Waals surface area contributed by atoms with Gasteiger partial charge in [0.1, 0.15) is 0 Å². The van der Waals surface area contributed by atoms with Crippen LogP contribution in [0.15, 0.2) is 25.0 Å². The Balaban J connectivity index is 1.79. The van der Waals surface area contributed by atoms with Crippen LogP contribution in [0.2, 0.25) is 0 Å². The number of imidazole rings is 2. The van der Waals surface area contributed by atoms with Gasteiger partial charge < -0.3 is 14.9 Å². The molecular weight excluding hydrogens is 202 g/mol. The summed E-state index contributed by atoms with van der Waals surface area (Å²) in [6.07, 6.45) is 10.2. The molecule has 0 atom stereocenters. The van der Waals surface area contributed by atoms with Gasteiger partial charge in [0, 0.05) is 25.0 Å². The van der Waals surface area contributed by atoms with Gasteiger partial charge in [-0.2, -0.15) is 0 Å². The molecule has 84 valence electrons. The third-order valence-corrected chi connectivity index (χ3v) is 2.93. The van der Waals surface area contributed by atoms with Crippen molar-refractivity contribution in [3.8, 4) is 0 Å². The Morgan fingerprint density at radius 1 is 1.38 bits per heavy atom. The first kappa shape index (κ1) is 9.59. The van der Waals surface area contributed by atoms with Crippen molar-refractivity contribution < 1.29 is 0 Å². The highest BCUT2D eigenvalue weighted by molar-refractivity contribution is 5.06. The van der Waals surface area contributed by atoms with E-state index in [1.165, 1.54) is 18.5 Å². The van der Waals surface area contributed by atoms with E-state index < -0.39 is 0 Å². The van der Waals surface area contributed by atoms with Crippen molar-refractivity contribution in [2.75, 3.05) is 0 Å². The van der Waals surface area contributed by atoms with Gasteiger partial charge in [-0.3, -0.25) is 0 Å². The summed E-state index contributed by atoms with van der Waals surface area (Å²) in [6.45, 7) is 1.32. The van der Waals surface area contributed by atoms with Crippen molar-refractivity contribution in [2.24, 2.45) is 5.73 Å². The van der Waals surface area contributed by atoms with Crippen LogP contribution in [0, 0.1) is 0 Å². The van der Waals surface area contributed by atoms with E-state index in [2.05, 4.69) is 19.1 Å². The molecule has 2 heterocycles. The molecule has 5 nitrogen and oxygen atoms in total. The first-order valence-electron chi connectivity index (χ1n) is 5.58. The molecule has 0 amide bonds. The maximum absolute atomic E-state index is 5.53. The van der Waals surface area contributed by atoms with Crippen LogP contribution in [0.1, 0.15) is 30.3 Å². The summed E-state index contributed by atoms with van der Waals surface area (Å²) in [4.78, 5) is 8.42. The van der Waals surface area contributed by atoms with Gasteiger partial charge in [-0.1, -0.05) is 0 Å². The molecule has 2 N–H and O–H groups in total. The van der Waals surface area contributed by atoms with Crippen molar-refractivity contribution in [1.82, 2.24) is 19.1 Å². The SMILES string of the molecule is NCc1cn(Cc2cncn2C2CC2)cn1. The number of aromatic nitrogens is 4. The molecule has 2 aromatic rings. The third-order valence-electron chi connectivity index (χ3n) is 2.93. The molecule has 0 radical (unpaired) electrons. The molecule has 5 heteroatoms. The largest absolute Gasteiger partial charge is 0.331 e. The molecule has 0 saturated heterocycles. The second-order valence-corrected chi connectivity index (χ2v) is 4.26. The Hall–Kier alpha value is -1.62. The molecule has 1 aliphatic rings. The maximum atomic E-state index is 5.53. The average Bonchev–Trinajstić information content (AvgIpc) is 2.88. The van der Waals surface area contributed by atoms with Crippen molar-refractivity contribution in [2.45, 2.75) is 32.0 Å². The summed E-state index contributed by atoms with van der Waals surface area (Å²) in [5.41, 5.74) is 7.70.